The van der Waals surface area contributed by atoms with Crippen LogP contribution in [0.1, 0.15) is 64.5 Å². The second kappa shape index (κ2) is 13.0. The lowest BCUT2D eigenvalue weighted by molar-refractivity contribution is -0.138. The molecule has 0 bridgehead atoms. The van der Waals surface area contributed by atoms with Crippen molar-refractivity contribution in [3.05, 3.63) is 102 Å². The van der Waals surface area contributed by atoms with Gasteiger partial charge in [0.1, 0.15) is 18.1 Å². The highest BCUT2D eigenvalue weighted by Crippen LogP contribution is 2.49. The van der Waals surface area contributed by atoms with Gasteiger partial charge in [-0.25, -0.2) is 0 Å². The molecule has 4 amide bonds. The van der Waals surface area contributed by atoms with Gasteiger partial charge in [-0.15, -0.1) is 0 Å². The molecule has 2 aliphatic heterocycles. The van der Waals surface area contributed by atoms with E-state index < -0.39 is 46.2 Å². The van der Waals surface area contributed by atoms with Gasteiger partial charge in [-0.3, -0.25) is 19.2 Å². The predicted molar refractivity (Wildman–Crippen MR) is 181 cm³/mol. The number of nitriles is 1. The quantitative estimate of drug-likeness (QED) is 0.323. The van der Waals surface area contributed by atoms with Crippen molar-refractivity contribution in [2.75, 3.05) is 11.9 Å². The first-order valence-electron chi connectivity index (χ1n) is 16.1. The van der Waals surface area contributed by atoms with Crippen molar-refractivity contribution in [3.63, 3.8) is 0 Å². The van der Waals surface area contributed by atoms with Crippen LogP contribution < -0.4 is 16.0 Å². The minimum Gasteiger partial charge on any atom is -0.342 e. The zero-order valence-corrected chi connectivity index (χ0v) is 27.5. The number of carbonyl (C=O) groups is 4. The summed E-state index contributed by atoms with van der Waals surface area (Å²) in [6, 6.07) is 16.0. The molecular weight excluding hydrogens is 590 g/mol. The van der Waals surface area contributed by atoms with E-state index in [0.29, 0.717) is 24.1 Å². The highest BCUT2D eigenvalue weighted by Gasteiger charge is 2.57. The Kier molecular flexibility index (Phi) is 9.26. The van der Waals surface area contributed by atoms with E-state index in [1.807, 2.05) is 88.4 Å². The maximum Gasteiger partial charge on any atom is 0.247 e. The Balaban J connectivity index is 1.42. The molecule has 9 heteroatoms. The van der Waals surface area contributed by atoms with Gasteiger partial charge >= 0.3 is 0 Å². The molecule has 0 unspecified atom stereocenters. The van der Waals surface area contributed by atoms with E-state index in [0.717, 1.165) is 11.1 Å². The molecule has 0 radical (unpaired) electrons. The standard InChI is InChI=1S/C38H43N5O4/c1-6-7-9-14-25(2)31(42-34(46)37(19-20-37)26-15-10-8-11-16-26)32(44)40-30(22-36(3,4)5)33(45)43-24-38(21-27(43)23-39)28-17-12-13-18-29(28)41-35(38)47/h6-18,27,30-31H,2,19-22,24H2,1,3-5H3,(H,40,44)(H,41,47)(H,42,46)/b7-6-,14-9-/t27-,30-,31-,38-/m0/s1. The second-order valence-electron chi connectivity index (χ2n) is 14.0. The summed E-state index contributed by atoms with van der Waals surface area (Å²) in [5, 5.41) is 18.9. The van der Waals surface area contributed by atoms with Gasteiger partial charge in [0.2, 0.25) is 23.6 Å². The maximum absolute atomic E-state index is 14.4. The lowest BCUT2D eigenvalue weighted by atomic mass is 9.80. The number of rotatable bonds is 10. The largest absolute Gasteiger partial charge is 0.342 e. The van der Waals surface area contributed by atoms with Crippen LogP contribution in [0.2, 0.25) is 0 Å². The smallest absolute Gasteiger partial charge is 0.247 e. The average Bonchev–Trinajstić information content (AvgIpc) is 3.70. The molecule has 244 valence electrons. The van der Waals surface area contributed by atoms with Gasteiger partial charge in [0.15, 0.2) is 0 Å². The van der Waals surface area contributed by atoms with Crippen LogP contribution in [-0.4, -0.2) is 53.2 Å². The van der Waals surface area contributed by atoms with Crippen LogP contribution in [0.15, 0.2) is 91.1 Å². The normalized spacial score (nSPS) is 22.4. The Morgan fingerprint density at radius 2 is 1.77 bits per heavy atom. The first-order chi connectivity index (χ1) is 22.3. The van der Waals surface area contributed by atoms with E-state index in [9.17, 15) is 24.4 Å². The highest BCUT2D eigenvalue weighted by molar-refractivity contribution is 6.07. The number of hydrogen-bond acceptors (Lipinski definition) is 5. The van der Waals surface area contributed by atoms with E-state index in [1.54, 1.807) is 18.2 Å². The van der Waals surface area contributed by atoms with Crippen molar-refractivity contribution in [2.45, 2.75) is 82.3 Å². The number of hydrogen-bond donors (Lipinski definition) is 3. The number of para-hydroxylation sites is 1. The van der Waals surface area contributed by atoms with Gasteiger partial charge < -0.3 is 20.9 Å². The fourth-order valence-corrected chi connectivity index (χ4v) is 6.77. The molecule has 0 aromatic heterocycles. The molecule has 2 aromatic rings. The van der Waals surface area contributed by atoms with E-state index in [4.69, 9.17) is 0 Å². The van der Waals surface area contributed by atoms with Gasteiger partial charge in [0.05, 0.1) is 16.9 Å². The molecule has 9 nitrogen and oxygen atoms in total. The van der Waals surface area contributed by atoms with Crippen LogP contribution in [0.3, 0.4) is 0 Å². The van der Waals surface area contributed by atoms with Crippen molar-refractivity contribution in [1.82, 2.24) is 15.5 Å². The first-order valence-corrected chi connectivity index (χ1v) is 16.1. The van der Waals surface area contributed by atoms with E-state index in [2.05, 4.69) is 28.6 Å². The summed E-state index contributed by atoms with van der Waals surface area (Å²) in [5.41, 5.74) is 0.505. The number of likely N-dealkylation sites (tertiary alicyclic amines) is 1. The summed E-state index contributed by atoms with van der Waals surface area (Å²) in [6.45, 7) is 11.9. The number of nitrogens with one attached hydrogen (secondary N) is 3. The average molecular weight is 634 g/mol. The van der Waals surface area contributed by atoms with E-state index in [1.165, 1.54) is 4.90 Å². The predicted octanol–water partition coefficient (Wildman–Crippen LogP) is 4.83. The molecule has 2 aromatic carbocycles. The number of allylic oxidation sites excluding steroid dienone is 3. The van der Waals surface area contributed by atoms with Crippen molar-refractivity contribution < 1.29 is 19.2 Å². The van der Waals surface area contributed by atoms with Crippen LogP contribution >= 0.6 is 0 Å². The van der Waals surface area contributed by atoms with Crippen LogP contribution in [0.4, 0.5) is 5.69 Å². The summed E-state index contributed by atoms with van der Waals surface area (Å²) in [6.07, 6.45) is 8.77. The Morgan fingerprint density at radius 3 is 2.40 bits per heavy atom. The summed E-state index contributed by atoms with van der Waals surface area (Å²) in [4.78, 5) is 57.0. The molecule has 4 atom stereocenters. The second-order valence-corrected chi connectivity index (χ2v) is 14.0. The Bertz CT molecular complexity index is 1680. The van der Waals surface area contributed by atoms with E-state index >= 15 is 0 Å². The maximum atomic E-state index is 14.4. The molecule has 1 aliphatic carbocycles. The number of anilines is 1. The number of nitrogens with zero attached hydrogens (tertiary/aromatic N) is 2. The van der Waals surface area contributed by atoms with Crippen LogP contribution in [0.5, 0.6) is 0 Å². The van der Waals surface area contributed by atoms with Gasteiger partial charge in [0.25, 0.3) is 0 Å². The van der Waals surface area contributed by atoms with Crippen LogP contribution in [-0.2, 0) is 30.0 Å². The molecule has 5 rings (SSSR count). The Morgan fingerprint density at radius 1 is 1.09 bits per heavy atom. The van der Waals surface area contributed by atoms with Gasteiger partial charge in [-0.2, -0.15) is 5.26 Å². The number of carbonyl (C=O) groups excluding carboxylic acids is 4. The fourth-order valence-electron chi connectivity index (χ4n) is 6.77. The topological polar surface area (TPSA) is 131 Å². The third-order valence-electron chi connectivity index (χ3n) is 9.38. The molecule has 1 spiro atoms. The zero-order chi connectivity index (χ0) is 34.0. The monoisotopic (exact) mass is 633 g/mol. The number of amides is 4. The van der Waals surface area contributed by atoms with Crippen molar-refractivity contribution in [3.8, 4) is 6.07 Å². The Labute approximate surface area is 276 Å². The lowest BCUT2D eigenvalue weighted by Crippen LogP contribution is -2.57. The minimum atomic E-state index is -1.15. The van der Waals surface area contributed by atoms with Gasteiger partial charge in [-0.1, -0.05) is 100 Å². The molecule has 3 N–H and O–H groups in total. The molecular formula is C38H43N5O4. The van der Waals surface area contributed by atoms with E-state index in [-0.39, 0.29) is 31.2 Å². The molecule has 3 aliphatic rings. The van der Waals surface area contributed by atoms with Crippen molar-refractivity contribution in [2.24, 2.45) is 5.41 Å². The van der Waals surface area contributed by atoms with Crippen molar-refractivity contribution >= 4 is 29.3 Å². The summed E-state index contributed by atoms with van der Waals surface area (Å²) >= 11 is 0. The minimum absolute atomic E-state index is 0.0159. The van der Waals surface area contributed by atoms with Crippen molar-refractivity contribution in [1.29, 1.82) is 5.26 Å². The number of benzene rings is 2. The molecule has 2 heterocycles. The van der Waals surface area contributed by atoms with Crippen LogP contribution in [0, 0.1) is 16.7 Å². The van der Waals surface area contributed by atoms with Gasteiger partial charge in [-0.05, 0) is 54.4 Å². The molecule has 1 saturated carbocycles. The summed E-state index contributed by atoms with van der Waals surface area (Å²) in [5.74, 6) is -1.55. The number of fused-ring (bicyclic) bond motifs is 2. The third kappa shape index (κ3) is 6.64. The van der Waals surface area contributed by atoms with Crippen LogP contribution in [0.25, 0.3) is 0 Å². The lowest BCUT2D eigenvalue weighted by Gasteiger charge is -2.32. The molecule has 2 fully saturated rings. The summed E-state index contributed by atoms with van der Waals surface area (Å²) < 4.78 is 0. The zero-order valence-electron chi connectivity index (χ0n) is 27.5. The highest BCUT2D eigenvalue weighted by atomic mass is 16.2. The summed E-state index contributed by atoms with van der Waals surface area (Å²) in [7, 11) is 0. The molecule has 1 saturated heterocycles. The first kappa shape index (κ1) is 33.4. The third-order valence-corrected chi connectivity index (χ3v) is 9.38. The molecule has 47 heavy (non-hydrogen) atoms. The fraction of sp³-hybridized carbons (Fsp3) is 0.395. The SMILES string of the molecule is C=C(/C=C\C=C/C)[C@H](NC(=O)C1(c2ccccc2)CC1)C(=O)N[C@@H](CC(C)(C)C)C(=O)N1C[C@]2(C[C@H]1C#N)C(=O)Nc1ccccc12. The van der Waals surface area contributed by atoms with Gasteiger partial charge in [0, 0.05) is 18.7 Å². The Hall–Kier alpha value is -4.97.